The fraction of sp³-hybridized carbons (Fsp3) is 0.812. The first-order valence-electron chi connectivity index (χ1n) is 7.29. The van der Waals surface area contributed by atoms with Gasteiger partial charge < -0.3 is 4.85 Å². The first-order valence-corrected chi connectivity index (χ1v) is 7.29. The fourth-order valence-electron chi connectivity index (χ4n) is 3.87. The SMILES string of the molecule is [C-]#[N+][C@]1(C)CC[C@H](C(C)C)C2=C[C@@](C)(OO)CC[C@@H]21. The van der Waals surface area contributed by atoms with Gasteiger partial charge in [0.1, 0.15) is 5.60 Å². The van der Waals surface area contributed by atoms with Crippen LogP contribution in [0.15, 0.2) is 11.6 Å². The molecule has 0 spiro atoms. The first-order chi connectivity index (χ1) is 8.85. The molecule has 0 unspecified atom stereocenters. The highest BCUT2D eigenvalue weighted by atomic mass is 17.1. The Morgan fingerprint density at radius 3 is 2.58 bits per heavy atom. The first kappa shape index (κ1) is 14.6. The summed E-state index contributed by atoms with van der Waals surface area (Å²) >= 11 is 0. The Labute approximate surface area is 116 Å². The van der Waals surface area contributed by atoms with Gasteiger partial charge in [-0.3, -0.25) is 5.26 Å². The number of rotatable bonds is 2. The maximum absolute atomic E-state index is 9.15. The second-order valence-corrected chi connectivity index (χ2v) is 7.00. The van der Waals surface area contributed by atoms with E-state index in [1.165, 1.54) is 5.57 Å². The average molecular weight is 263 g/mol. The van der Waals surface area contributed by atoms with Crippen molar-refractivity contribution in [1.82, 2.24) is 0 Å². The summed E-state index contributed by atoms with van der Waals surface area (Å²) in [5.74, 6) is 1.43. The topological polar surface area (TPSA) is 33.8 Å². The summed E-state index contributed by atoms with van der Waals surface area (Å²) in [6, 6.07) is 0. The number of nitrogens with zero attached hydrogens (tertiary/aromatic N) is 1. The summed E-state index contributed by atoms with van der Waals surface area (Å²) in [4.78, 5) is 8.64. The third-order valence-electron chi connectivity index (χ3n) is 5.21. The molecule has 0 aliphatic heterocycles. The van der Waals surface area contributed by atoms with Crippen LogP contribution >= 0.6 is 0 Å². The summed E-state index contributed by atoms with van der Waals surface area (Å²) < 4.78 is 0. The highest BCUT2D eigenvalue weighted by molar-refractivity contribution is 5.29. The largest absolute Gasteiger partial charge is 0.310 e. The van der Waals surface area contributed by atoms with E-state index in [0.29, 0.717) is 17.8 Å². The molecule has 0 heterocycles. The Morgan fingerprint density at radius 2 is 2.05 bits per heavy atom. The highest BCUT2D eigenvalue weighted by Gasteiger charge is 2.51. The van der Waals surface area contributed by atoms with Crippen molar-refractivity contribution >= 4 is 0 Å². The zero-order chi connectivity index (χ0) is 14.3. The third-order valence-corrected chi connectivity index (χ3v) is 5.21. The molecule has 0 aromatic carbocycles. The van der Waals surface area contributed by atoms with Gasteiger partial charge in [-0.05, 0) is 44.1 Å². The van der Waals surface area contributed by atoms with Gasteiger partial charge in [0.2, 0.25) is 5.54 Å². The molecule has 2 aliphatic carbocycles. The maximum atomic E-state index is 9.15. The summed E-state index contributed by atoms with van der Waals surface area (Å²) in [6.45, 7) is 16.1. The zero-order valence-corrected chi connectivity index (χ0v) is 12.4. The predicted octanol–water partition coefficient (Wildman–Crippen LogP) is 4.32. The average Bonchev–Trinajstić information content (AvgIpc) is 2.38. The van der Waals surface area contributed by atoms with Crippen molar-refractivity contribution in [1.29, 1.82) is 0 Å². The molecule has 3 heteroatoms. The molecular weight excluding hydrogens is 238 g/mol. The predicted molar refractivity (Wildman–Crippen MR) is 75.5 cm³/mol. The quantitative estimate of drug-likeness (QED) is 0.348. The second-order valence-electron chi connectivity index (χ2n) is 7.00. The Bertz CT molecular complexity index is 423. The summed E-state index contributed by atoms with van der Waals surface area (Å²) in [5.41, 5.74) is 0.510. The van der Waals surface area contributed by atoms with Crippen LogP contribution in [0, 0.1) is 24.3 Å². The van der Waals surface area contributed by atoms with Crippen LogP contribution in [0.1, 0.15) is 53.4 Å². The van der Waals surface area contributed by atoms with Crippen molar-refractivity contribution < 1.29 is 10.1 Å². The molecule has 106 valence electrons. The van der Waals surface area contributed by atoms with E-state index in [0.717, 1.165) is 25.7 Å². The van der Waals surface area contributed by atoms with E-state index >= 15 is 0 Å². The van der Waals surface area contributed by atoms with Crippen LogP contribution in [0.3, 0.4) is 0 Å². The fourth-order valence-corrected chi connectivity index (χ4v) is 3.87. The molecule has 2 aliphatic rings. The number of hydrogen-bond donors (Lipinski definition) is 1. The van der Waals surface area contributed by atoms with E-state index in [2.05, 4.69) is 31.7 Å². The lowest BCUT2D eigenvalue weighted by Crippen LogP contribution is -2.45. The molecule has 0 aromatic rings. The van der Waals surface area contributed by atoms with Crippen molar-refractivity contribution in [3.05, 3.63) is 23.1 Å². The van der Waals surface area contributed by atoms with Crippen molar-refractivity contribution in [3.8, 4) is 0 Å². The van der Waals surface area contributed by atoms with Crippen LogP contribution in [0.2, 0.25) is 0 Å². The lowest BCUT2D eigenvalue weighted by Gasteiger charge is -2.45. The normalized spacial score (nSPS) is 42.5. The molecule has 1 fully saturated rings. The standard InChI is InChI=1S/C16H25NO2/c1-11(2)12-6-9-16(4,17-5)14-7-8-15(3,19-18)10-13(12)14/h10-12,14,18H,6-9H2,1-4H3/t12-,14+,15+,16-/m1/s1. The Morgan fingerprint density at radius 1 is 1.37 bits per heavy atom. The lowest BCUT2D eigenvalue weighted by atomic mass is 9.59. The van der Waals surface area contributed by atoms with E-state index in [4.69, 9.17) is 16.7 Å². The molecule has 4 atom stereocenters. The van der Waals surface area contributed by atoms with E-state index in [1.54, 1.807) is 0 Å². The molecule has 0 aromatic heterocycles. The van der Waals surface area contributed by atoms with Gasteiger partial charge >= 0.3 is 0 Å². The van der Waals surface area contributed by atoms with E-state index in [9.17, 15) is 0 Å². The Hall–Kier alpha value is -0.850. The molecule has 2 rings (SSSR count). The van der Waals surface area contributed by atoms with Crippen molar-refractivity contribution in [2.24, 2.45) is 17.8 Å². The molecule has 3 nitrogen and oxygen atoms in total. The second kappa shape index (κ2) is 4.92. The number of hydrogen-bond acceptors (Lipinski definition) is 2. The van der Waals surface area contributed by atoms with Crippen molar-refractivity contribution in [2.75, 3.05) is 0 Å². The van der Waals surface area contributed by atoms with Gasteiger partial charge in [-0.2, -0.15) is 0 Å². The van der Waals surface area contributed by atoms with E-state index < -0.39 is 5.60 Å². The van der Waals surface area contributed by atoms with Gasteiger partial charge in [0.05, 0.1) is 5.92 Å². The molecular formula is C16H25NO2. The van der Waals surface area contributed by atoms with Crippen LogP contribution in [0.4, 0.5) is 0 Å². The molecule has 19 heavy (non-hydrogen) atoms. The van der Waals surface area contributed by atoms with Gasteiger partial charge in [0.25, 0.3) is 0 Å². The highest BCUT2D eigenvalue weighted by Crippen LogP contribution is 2.51. The molecule has 1 saturated carbocycles. The monoisotopic (exact) mass is 263 g/mol. The minimum Gasteiger partial charge on any atom is -0.310 e. The van der Waals surface area contributed by atoms with E-state index in [-0.39, 0.29) is 5.54 Å². The van der Waals surface area contributed by atoms with Gasteiger partial charge in [-0.15, -0.1) is 0 Å². The summed E-state index contributed by atoms with van der Waals surface area (Å²) in [5, 5.41) is 9.15. The molecule has 0 saturated heterocycles. The zero-order valence-electron chi connectivity index (χ0n) is 12.4. The van der Waals surface area contributed by atoms with E-state index in [1.807, 2.05) is 6.92 Å². The minimum absolute atomic E-state index is 0.270. The molecule has 0 amide bonds. The third kappa shape index (κ3) is 2.44. The Balaban J connectivity index is 2.42. The number of fused-ring (bicyclic) bond motifs is 1. The Kier molecular flexibility index (Phi) is 3.77. The van der Waals surface area contributed by atoms with Gasteiger partial charge in [0.15, 0.2) is 0 Å². The van der Waals surface area contributed by atoms with Crippen LogP contribution in [-0.2, 0) is 4.89 Å². The summed E-state index contributed by atoms with van der Waals surface area (Å²) in [6.07, 6.45) is 5.88. The van der Waals surface area contributed by atoms with Crippen LogP contribution in [0.5, 0.6) is 0 Å². The smallest absolute Gasteiger partial charge is 0.236 e. The van der Waals surface area contributed by atoms with Crippen molar-refractivity contribution in [3.63, 3.8) is 0 Å². The lowest BCUT2D eigenvalue weighted by molar-refractivity contribution is -0.306. The van der Waals surface area contributed by atoms with Gasteiger partial charge in [0, 0.05) is 13.3 Å². The maximum Gasteiger partial charge on any atom is 0.236 e. The van der Waals surface area contributed by atoms with Crippen LogP contribution in [0.25, 0.3) is 4.85 Å². The molecule has 0 radical (unpaired) electrons. The van der Waals surface area contributed by atoms with Crippen molar-refractivity contribution in [2.45, 2.75) is 64.5 Å². The van der Waals surface area contributed by atoms with Crippen LogP contribution < -0.4 is 0 Å². The van der Waals surface area contributed by atoms with Gasteiger partial charge in [-0.25, -0.2) is 11.5 Å². The van der Waals surface area contributed by atoms with Gasteiger partial charge in [-0.1, -0.05) is 19.4 Å². The molecule has 1 N–H and O–H groups in total. The summed E-state index contributed by atoms with van der Waals surface area (Å²) in [7, 11) is 0. The molecule has 0 bridgehead atoms. The minimum atomic E-state index is -0.570. The van der Waals surface area contributed by atoms with Crippen LogP contribution in [-0.4, -0.2) is 16.4 Å².